The lowest BCUT2D eigenvalue weighted by atomic mass is 9.90. The number of aromatic carboxylic acids is 1. The van der Waals surface area contributed by atoms with E-state index in [1.54, 1.807) is 0 Å². The van der Waals surface area contributed by atoms with Gasteiger partial charge in [-0.25, -0.2) is 9.59 Å². The summed E-state index contributed by atoms with van der Waals surface area (Å²) < 4.78 is 0. The Morgan fingerprint density at radius 1 is 1.30 bits per heavy atom. The van der Waals surface area contributed by atoms with Gasteiger partial charge in [0.05, 0.1) is 0 Å². The van der Waals surface area contributed by atoms with Crippen molar-refractivity contribution in [1.82, 2.24) is 5.32 Å². The average Bonchev–Trinajstić information content (AvgIpc) is 2.38. The fourth-order valence-electron chi connectivity index (χ4n) is 1.40. The lowest BCUT2D eigenvalue weighted by Crippen LogP contribution is -2.36. The number of benzene rings is 1. The SMILES string of the molecule is CCC(C)(C)CNC(=O)Nc1ccc(O)c(C(=O)O)c1. The molecule has 20 heavy (non-hydrogen) atoms. The van der Waals surface area contributed by atoms with Gasteiger partial charge in [0, 0.05) is 12.2 Å². The number of rotatable bonds is 5. The number of urea groups is 1. The number of carbonyl (C=O) groups excluding carboxylic acids is 1. The van der Waals surface area contributed by atoms with Gasteiger partial charge in [-0.05, 0) is 30.0 Å². The number of amides is 2. The summed E-state index contributed by atoms with van der Waals surface area (Å²) in [5, 5.41) is 23.5. The van der Waals surface area contributed by atoms with Crippen LogP contribution in [0.5, 0.6) is 5.75 Å². The molecule has 6 heteroatoms. The Bertz CT molecular complexity index is 512. The van der Waals surface area contributed by atoms with E-state index in [0.717, 1.165) is 6.42 Å². The molecule has 110 valence electrons. The van der Waals surface area contributed by atoms with E-state index in [9.17, 15) is 14.7 Å². The molecule has 0 fully saturated rings. The molecule has 0 saturated heterocycles. The zero-order valence-electron chi connectivity index (χ0n) is 11.9. The second-order valence-electron chi connectivity index (χ2n) is 5.36. The Labute approximate surface area is 117 Å². The summed E-state index contributed by atoms with van der Waals surface area (Å²) in [5.41, 5.74) is 0.0575. The minimum Gasteiger partial charge on any atom is -0.507 e. The Morgan fingerprint density at radius 2 is 1.95 bits per heavy atom. The molecule has 1 aromatic rings. The standard InChI is InChI=1S/C14H20N2O4/c1-4-14(2,3)8-15-13(20)16-9-5-6-11(17)10(7-9)12(18)19/h5-7,17H,4,8H2,1-3H3,(H,18,19)(H2,15,16,20). The summed E-state index contributed by atoms with van der Waals surface area (Å²) >= 11 is 0. The molecule has 0 atom stereocenters. The zero-order chi connectivity index (χ0) is 15.3. The molecule has 4 N–H and O–H groups in total. The summed E-state index contributed by atoms with van der Waals surface area (Å²) in [4.78, 5) is 22.6. The van der Waals surface area contributed by atoms with E-state index in [-0.39, 0.29) is 16.7 Å². The maximum atomic E-state index is 11.7. The van der Waals surface area contributed by atoms with Gasteiger partial charge in [-0.1, -0.05) is 20.8 Å². The Kier molecular flexibility index (Phi) is 4.96. The van der Waals surface area contributed by atoms with Crippen molar-refractivity contribution in [3.05, 3.63) is 23.8 Å². The second kappa shape index (κ2) is 6.27. The van der Waals surface area contributed by atoms with Crippen LogP contribution in [0.4, 0.5) is 10.5 Å². The van der Waals surface area contributed by atoms with Crippen LogP contribution in [-0.2, 0) is 0 Å². The lowest BCUT2D eigenvalue weighted by Gasteiger charge is -2.22. The van der Waals surface area contributed by atoms with Crippen molar-refractivity contribution in [3.63, 3.8) is 0 Å². The predicted octanol–water partition coefficient (Wildman–Crippen LogP) is 2.65. The van der Waals surface area contributed by atoms with Gasteiger partial charge < -0.3 is 20.8 Å². The van der Waals surface area contributed by atoms with Crippen LogP contribution >= 0.6 is 0 Å². The summed E-state index contributed by atoms with van der Waals surface area (Å²) in [5.74, 6) is -1.59. The number of carboxylic acid groups (broad SMARTS) is 1. The van der Waals surface area contributed by atoms with E-state index in [1.807, 2.05) is 20.8 Å². The van der Waals surface area contributed by atoms with Gasteiger partial charge in [0.2, 0.25) is 0 Å². The first kappa shape index (κ1) is 15.8. The number of carbonyl (C=O) groups is 2. The van der Waals surface area contributed by atoms with Crippen LogP contribution in [0.15, 0.2) is 18.2 Å². The Hall–Kier alpha value is -2.24. The number of hydrogen-bond acceptors (Lipinski definition) is 3. The third kappa shape index (κ3) is 4.46. The largest absolute Gasteiger partial charge is 0.507 e. The smallest absolute Gasteiger partial charge is 0.339 e. The number of hydrogen-bond donors (Lipinski definition) is 4. The first-order chi connectivity index (χ1) is 9.25. The van der Waals surface area contributed by atoms with Crippen molar-refractivity contribution in [2.45, 2.75) is 27.2 Å². The number of carboxylic acids is 1. The van der Waals surface area contributed by atoms with E-state index in [1.165, 1.54) is 18.2 Å². The van der Waals surface area contributed by atoms with Crippen LogP contribution in [0.2, 0.25) is 0 Å². The molecular weight excluding hydrogens is 260 g/mol. The van der Waals surface area contributed by atoms with Gasteiger partial charge in [0.1, 0.15) is 11.3 Å². The molecule has 0 spiro atoms. The van der Waals surface area contributed by atoms with E-state index < -0.39 is 12.0 Å². The van der Waals surface area contributed by atoms with Crippen molar-refractivity contribution in [3.8, 4) is 5.75 Å². The molecule has 0 aromatic heterocycles. The molecule has 0 bridgehead atoms. The van der Waals surface area contributed by atoms with Crippen molar-refractivity contribution in [1.29, 1.82) is 0 Å². The minimum absolute atomic E-state index is 0.00147. The molecule has 0 radical (unpaired) electrons. The van der Waals surface area contributed by atoms with Crippen LogP contribution in [0.1, 0.15) is 37.6 Å². The molecule has 0 aliphatic rings. The summed E-state index contributed by atoms with van der Waals surface area (Å²) in [6.45, 7) is 6.63. The number of phenols is 1. The highest BCUT2D eigenvalue weighted by atomic mass is 16.4. The predicted molar refractivity (Wildman–Crippen MR) is 76.2 cm³/mol. The van der Waals surface area contributed by atoms with E-state index in [4.69, 9.17) is 5.11 Å². The third-order valence-corrected chi connectivity index (χ3v) is 3.17. The van der Waals surface area contributed by atoms with Gasteiger partial charge >= 0.3 is 12.0 Å². The highest BCUT2D eigenvalue weighted by Crippen LogP contribution is 2.21. The maximum absolute atomic E-state index is 11.7. The number of aromatic hydroxyl groups is 1. The summed E-state index contributed by atoms with van der Waals surface area (Å²) in [7, 11) is 0. The molecule has 0 aliphatic heterocycles. The molecule has 0 unspecified atom stereocenters. The number of nitrogens with one attached hydrogen (secondary N) is 2. The minimum atomic E-state index is -1.25. The summed E-state index contributed by atoms with van der Waals surface area (Å²) in [6.07, 6.45) is 0.926. The molecular formula is C14H20N2O4. The van der Waals surface area contributed by atoms with Crippen LogP contribution in [0.3, 0.4) is 0 Å². The van der Waals surface area contributed by atoms with Crippen LogP contribution in [0.25, 0.3) is 0 Å². The molecule has 0 saturated carbocycles. The fourth-order valence-corrected chi connectivity index (χ4v) is 1.40. The van der Waals surface area contributed by atoms with Crippen molar-refractivity contribution in [2.75, 3.05) is 11.9 Å². The quantitative estimate of drug-likeness (QED) is 0.623. The van der Waals surface area contributed by atoms with E-state index in [0.29, 0.717) is 12.2 Å². The Balaban J connectivity index is 2.67. The van der Waals surface area contributed by atoms with Crippen LogP contribution in [0, 0.1) is 5.41 Å². The van der Waals surface area contributed by atoms with Crippen molar-refractivity contribution < 1.29 is 19.8 Å². The van der Waals surface area contributed by atoms with Gasteiger partial charge in [-0.3, -0.25) is 0 Å². The molecule has 0 heterocycles. The molecule has 0 aliphatic carbocycles. The monoisotopic (exact) mass is 280 g/mol. The van der Waals surface area contributed by atoms with E-state index >= 15 is 0 Å². The molecule has 2 amide bonds. The first-order valence-electron chi connectivity index (χ1n) is 6.36. The van der Waals surface area contributed by atoms with Crippen molar-refractivity contribution >= 4 is 17.7 Å². The average molecular weight is 280 g/mol. The van der Waals surface area contributed by atoms with E-state index in [2.05, 4.69) is 10.6 Å². The fraction of sp³-hybridized carbons (Fsp3) is 0.429. The molecule has 1 rings (SSSR count). The summed E-state index contributed by atoms with van der Waals surface area (Å²) in [6, 6.07) is 3.47. The first-order valence-corrected chi connectivity index (χ1v) is 6.36. The highest BCUT2D eigenvalue weighted by molar-refractivity contribution is 5.95. The molecule has 6 nitrogen and oxygen atoms in total. The van der Waals surface area contributed by atoms with Crippen LogP contribution in [-0.4, -0.2) is 28.8 Å². The Morgan fingerprint density at radius 3 is 2.50 bits per heavy atom. The normalized spacial score (nSPS) is 10.9. The van der Waals surface area contributed by atoms with Crippen LogP contribution < -0.4 is 10.6 Å². The topological polar surface area (TPSA) is 98.7 Å². The third-order valence-electron chi connectivity index (χ3n) is 3.17. The zero-order valence-corrected chi connectivity index (χ0v) is 11.9. The lowest BCUT2D eigenvalue weighted by molar-refractivity contribution is 0.0693. The van der Waals surface area contributed by atoms with Crippen molar-refractivity contribution in [2.24, 2.45) is 5.41 Å². The molecule has 1 aromatic carbocycles. The second-order valence-corrected chi connectivity index (χ2v) is 5.36. The highest BCUT2D eigenvalue weighted by Gasteiger charge is 2.16. The van der Waals surface area contributed by atoms with Gasteiger partial charge in [0.25, 0.3) is 0 Å². The number of anilines is 1. The maximum Gasteiger partial charge on any atom is 0.339 e. The van der Waals surface area contributed by atoms with Gasteiger partial charge in [-0.15, -0.1) is 0 Å². The van der Waals surface area contributed by atoms with Gasteiger partial charge in [-0.2, -0.15) is 0 Å². The van der Waals surface area contributed by atoms with Gasteiger partial charge in [0.15, 0.2) is 0 Å².